The largest absolute Gasteiger partial charge is 0.373 e. The van der Waals surface area contributed by atoms with E-state index in [1.165, 1.54) is 11.1 Å². The van der Waals surface area contributed by atoms with Crippen LogP contribution in [0.3, 0.4) is 0 Å². The highest BCUT2D eigenvalue weighted by atomic mass is 16.5. The van der Waals surface area contributed by atoms with Crippen molar-refractivity contribution in [2.45, 2.75) is 44.2 Å². The van der Waals surface area contributed by atoms with E-state index in [4.69, 9.17) is 10.5 Å². The zero-order valence-electron chi connectivity index (χ0n) is 12.6. The average molecular weight is 288 g/mol. The van der Waals surface area contributed by atoms with Gasteiger partial charge in [-0.25, -0.2) is 0 Å². The molecule has 1 aliphatic heterocycles. The number of nitrogens with two attached hydrogens (primary N) is 1. The Balaban J connectivity index is 1.64. The lowest BCUT2D eigenvalue weighted by atomic mass is 9.89. The number of benzene rings is 1. The molecule has 1 aliphatic carbocycles. The van der Waals surface area contributed by atoms with Gasteiger partial charge in [-0.15, -0.1) is 0 Å². The molecule has 1 heterocycles. The first-order valence-corrected chi connectivity index (χ1v) is 7.84. The van der Waals surface area contributed by atoms with E-state index in [1.54, 1.807) is 0 Å². The Bertz CT molecular complexity index is 508. The molecule has 0 radical (unpaired) electrons. The van der Waals surface area contributed by atoms with Crippen molar-refractivity contribution in [3.63, 3.8) is 0 Å². The van der Waals surface area contributed by atoms with Gasteiger partial charge in [-0.05, 0) is 38.2 Å². The first-order chi connectivity index (χ1) is 10.1. The fourth-order valence-electron chi connectivity index (χ4n) is 2.94. The van der Waals surface area contributed by atoms with Crippen molar-refractivity contribution in [2.75, 3.05) is 13.2 Å². The molecule has 4 heteroatoms. The van der Waals surface area contributed by atoms with Crippen molar-refractivity contribution in [1.29, 1.82) is 0 Å². The summed E-state index contributed by atoms with van der Waals surface area (Å²) >= 11 is 0. The summed E-state index contributed by atoms with van der Waals surface area (Å²) in [4.78, 5) is 12.0. The van der Waals surface area contributed by atoms with E-state index in [9.17, 15) is 4.79 Å². The van der Waals surface area contributed by atoms with Crippen LogP contribution in [0.2, 0.25) is 0 Å². The van der Waals surface area contributed by atoms with Crippen molar-refractivity contribution >= 4 is 5.91 Å². The summed E-state index contributed by atoms with van der Waals surface area (Å²) in [5.41, 5.74) is 7.79. The Morgan fingerprint density at radius 3 is 2.76 bits per heavy atom. The second-order valence-corrected chi connectivity index (χ2v) is 6.47. The number of aryl methyl sites for hydroxylation is 1. The summed E-state index contributed by atoms with van der Waals surface area (Å²) in [5, 5.41) is 3.02. The number of carbonyl (C=O) groups is 1. The smallest absolute Gasteiger partial charge is 0.240 e. The van der Waals surface area contributed by atoms with Crippen LogP contribution in [0.25, 0.3) is 0 Å². The molecule has 0 spiro atoms. The van der Waals surface area contributed by atoms with Crippen molar-refractivity contribution in [2.24, 2.45) is 11.7 Å². The van der Waals surface area contributed by atoms with Gasteiger partial charge in [-0.1, -0.05) is 29.8 Å². The van der Waals surface area contributed by atoms with Crippen LogP contribution < -0.4 is 11.1 Å². The molecule has 2 atom stereocenters. The minimum atomic E-state index is -0.588. The Labute approximate surface area is 126 Å². The molecule has 3 N–H and O–H groups in total. The van der Waals surface area contributed by atoms with Gasteiger partial charge in [0.15, 0.2) is 0 Å². The number of amides is 1. The molecule has 2 unspecified atom stereocenters. The molecule has 1 amide bonds. The third-order valence-electron chi connectivity index (χ3n) is 4.62. The SMILES string of the molecule is Cc1ccc(C2OCCCC2CNC(=O)C2(N)CC2)cc1. The Morgan fingerprint density at radius 1 is 1.38 bits per heavy atom. The van der Waals surface area contributed by atoms with E-state index < -0.39 is 5.54 Å². The lowest BCUT2D eigenvalue weighted by Gasteiger charge is -2.32. The van der Waals surface area contributed by atoms with E-state index >= 15 is 0 Å². The molecule has 1 saturated heterocycles. The van der Waals surface area contributed by atoms with Crippen molar-refractivity contribution in [1.82, 2.24) is 5.32 Å². The lowest BCUT2D eigenvalue weighted by Crippen LogP contribution is -2.45. The van der Waals surface area contributed by atoms with Crippen LogP contribution in [0.4, 0.5) is 0 Å². The topological polar surface area (TPSA) is 64.3 Å². The maximum absolute atomic E-state index is 12.0. The highest BCUT2D eigenvalue weighted by Crippen LogP contribution is 2.35. The Kier molecular flexibility index (Phi) is 4.00. The van der Waals surface area contributed by atoms with Gasteiger partial charge < -0.3 is 15.8 Å². The Morgan fingerprint density at radius 2 is 2.10 bits per heavy atom. The molecule has 2 aliphatic rings. The van der Waals surface area contributed by atoms with Gasteiger partial charge in [0.25, 0.3) is 0 Å². The van der Waals surface area contributed by atoms with Crippen LogP contribution >= 0.6 is 0 Å². The van der Waals surface area contributed by atoms with E-state index in [-0.39, 0.29) is 12.0 Å². The predicted molar refractivity (Wildman–Crippen MR) is 81.8 cm³/mol. The molecule has 1 saturated carbocycles. The quantitative estimate of drug-likeness (QED) is 0.891. The third-order valence-corrected chi connectivity index (χ3v) is 4.62. The molecular weight excluding hydrogens is 264 g/mol. The van der Waals surface area contributed by atoms with Crippen molar-refractivity contribution < 1.29 is 9.53 Å². The van der Waals surface area contributed by atoms with E-state index in [0.717, 1.165) is 32.3 Å². The van der Waals surface area contributed by atoms with Crippen LogP contribution in [0.15, 0.2) is 24.3 Å². The number of carbonyl (C=O) groups excluding carboxylic acids is 1. The van der Waals surface area contributed by atoms with Gasteiger partial charge in [-0.2, -0.15) is 0 Å². The van der Waals surface area contributed by atoms with Gasteiger partial charge >= 0.3 is 0 Å². The molecule has 114 valence electrons. The standard InChI is InChI=1S/C17H24N2O2/c1-12-4-6-13(7-5-12)15-14(3-2-10-21-15)11-19-16(20)17(18)8-9-17/h4-7,14-15H,2-3,8-11,18H2,1H3,(H,19,20). The van der Waals surface area contributed by atoms with Crippen LogP contribution in [0.5, 0.6) is 0 Å². The van der Waals surface area contributed by atoms with Crippen LogP contribution in [0, 0.1) is 12.8 Å². The van der Waals surface area contributed by atoms with Crippen LogP contribution in [-0.4, -0.2) is 24.6 Å². The molecule has 1 aromatic carbocycles. The number of hydrogen-bond donors (Lipinski definition) is 2. The summed E-state index contributed by atoms with van der Waals surface area (Å²) in [6.07, 6.45) is 3.82. The van der Waals surface area contributed by atoms with Crippen LogP contribution in [0.1, 0.15) is 42.9 Å². The molecule has 0 bridgehead atoms. The van der Waals surface area contributed by atoms with Gasteiger partial charge in [0.1, 0.15) is 0 Å². The molecular formula is C17H24N2O2. The monoisotopic (exact) mass is 288 g/mol. The fourth-order valence-corrected chi connectivity index (χ4v) is 2.94. The third kappa shape index (κ3) is 3.27. The van der Waals surface area contributed by atoms with Crippen molar-refractivity contribution in [3.05, 3.63) is 35.4 Å². The minimum absolute atomic E-state index is 0.00395. The molecule has 2 fully saturated rings. The van der Waals surface area contributed by atoms with Crippen LogP contribution in [-0.2, 0) is 9.53 Å². The van der Waals surface area contributed by atoms with Gasteiger partial charge in [0.2, 0.25) is 5.91 Å². The van der Waals surface area contributed by atoms with Gasteiger partial charge in [0.05, 0.1) is 11.6 Å². The molecule has 4 nitrogen and oxygen atoms in total. The average Bonchev–Trinajstić information content (AvgIpc) is 3.25. The molecule has 1 aromatic rings. The lowest BCUT2D eigenvalue weighted by molar-refractivity contribution is -0.124. The first-order valence-electron chi connectivity index (χ1n) is 7.84. The number of nitrogens with one attached hydrogen (secondary N) is 1. The molecule has 0 aromatic heterocycles. The fraction of sp³-hybridized carbons (Fsp3) is 0.588. The summed E-state index contributed by atoms with van der Waals surface area (Å²) in [6, 6.07) is 8.49. The predicted octanol–water partition coefficient (Wildman–Crippen LogP) is 2.07. The van der Waals surface area contributed by atoms with E-state index in [2.05, 4.69) is 36.5 Å². The summed E-state index contributed by atoms with van der Waals surface area (Å²) in [6.45, 7) is 3.53. The van der Waals surface area contributed by atoms with E-state index in [0.29, 0.717) is 12.5 Å². The van der Waals surface area contributed by atoms with Crippen molar-refractivity contribution in [3.8, 4) is 0 Å². The highest BCUT2D eigenvalue weighted by Gasteiger charge is 2.46. The number of hydrogen-bond acceptors (Lipinski definition) is 3. The second-order valence-electron chi connectivity index (χ2n) is 6.47. The van der Waals surface area contributed by atoms with E-state index in [1.807, 2.05) is 0 Å². The normalized spacial score (nSPS) is 27.1. The zero-order valence-corrected chi connectivity index (χ0v) is 12.6. The maximum atomic E-state index is 12.0. The summed E-state index contributed by atoms with van der Waals surface area (Å²) in [7, 11) is 0. The highest BCUT2D eigenvalue weighted by molar-refractivity contribution is 5.88. The second kappa shape index (κ2) is 5.78. The molecule has 3 rings (SSSR count). The van der Waals surface area contributed by atoms with Gasteiger partial charge in [-0.3, -0.25) is 4.79 Å². The number of ether oxygens (including phenoxy) is 1. The Hall–Kier alpha value is -1.39. The zero-order chi connectivity index (χ0) is 14.9. The maximum Gasteiger partial charge on any atom is 0.240 e. The molecule has 21 heavy (non-hydrogen) atoms. The first kappa shape index (κ1) is 14.5. The van der Waals surface area contributed by atoms with Gasteiger partial charge in [0, 0.05) is 19.1 Å². The minimum Gasteiger partial charge on any atom is -0.373 e. The number of rotatable bonds is 4. The summed E-state index contributed by atoms with van der Waals surface area (Å²) in [5.74, 6) is 0.323. The summed E-state index contributed by atoms with van der Waals surface area (Å²) < 4.78 is 5.97.